The van der Waals surface area contributed by atoms with Gasteiger partial charge in [-0.25, -0.2) is 0 Å². The SMILES string of the molecule is CC(C)(N)Cc1nccc2c(Cl)cccc12. The highest BCUT2D eigenvalue weighted by Gasteiger charge is 2.15. The number of nitrogens with zero attached hydrogens (tertiary/aromatic N) is 1. The van der Waals surface area contributed by atoms with Crippen LogP contribution in [0.15, 0.2) is 30.5 Å². The van der Waals surface area contributed by atoms with Crippen LogP contribution < -0.4 is 5.73 Å². The van der Waals surface area contributed by atoms with E-state index in [0.29, 0.717) is 0 Å². The first kappa shape index (κ1) is 11.4. The molecule has 0 saturated heterocycles. The molecule has 0 unspecified atom stereocenters. The minimum atomic E-state index is -0.260. The van der Waals surface area contributed by atoms with Crippen molar-refractivity contribution in [2.75, 3.05) is 0 Å². The highest BCUT2D eigenvalue weighted by atomic mass is 35.5. The van der Waals surface area contributed by atoms with Crippen LogP contribution in [0.5, 0.6) is 0 Å². The van der Waals surface area contributed by atoms with Crippen LogP contribution in [-0.4, -0.2) is 10.5 Å². The van der Waals surface area contributed by atoms with E-state index in [1.54, 1.807) is 6.20 Å². The lowest BCUT2D eigenvalue weighted by Crippen LogP contribution is -2.34. The average Bonchev–Trinajstić information content (AvgIpc) is 2.17. The van der Waals surface area contributed by atoms with Crippen molar-refractivity contribution in [3.63, 3.8) is 0 Å². The Labute approximate surface area is 100 Å². The van der Waals surface area contributed by atoms with Crippen molar-refractivity contribution in [1.82, 2.24) is 4.98 Å². The number of hydrogen-bond donors (Lipinski definition) is 1. The lowest BCUT2D eigenvalue weighted by Gasteiger charge is -2.18. The predicted octanol–water partition coefficient (Wildman–Crippen LogP) is 3.17. The first-order valence-corrected chi connectivity index (χ1v) is 5.66. The molecule has 16 heavy (non-hydrogen) atoms. The van der Waals surface area contributed by atoms with E-state index in [-0.39, 0.29) is 5.54 Å². The van der Waals surface area contributed by atoms with E-state index in [4.69, 9.17) is 17.3 Å². The molecule has 2 rings (SSSR count). The fourth-order valence-electron chi connectivity index (χ4n) is 1.80. The van der Waals surface area contributed by atoms with Gasteiger partial charge in [0.2, 0.25) is 0 Å². The Kier molecular flexibility index (Phi) is 2.87. The van der Waals surface area contributed by atoms with Crippen LogP contribution in [0, 0.1) is 0 Å². The third-order valence-corrected chi connectivity index (χ3v) is 2.79. The fourth-order valence-corrected chi connectivity index (χ4v) is 2.04. The molecular weight excluding hydrogens is 220 g/mol. The predicted molar refractivity (Wildman–Crippen MR) is 68.7 cm³/mol. The summed E-state index contributed by atoms with van der Waals surface area (Å²) < 4.78 is 0. The molecular formula is C13H15ClN2. The van der Waals surface area contributed by atoms with Crippen molar-refractivity contribution in [2.24, 2.45) is 5.73 Å². The van der Waals surface area contributed by atoms with Gasteiger partial charge in [-0.15, -0.1) is 0 Å². The first-order chi connectivity index (χ1) is 7.47. The van der Waals surface area contributed by atoms with Crippen molar-refractivity contribution >= 4 is 22.4 Å². The molecule has 2 nitrogen and oxygen atoms in total. The van der Waals surface area contributed by atoms with Crippen LogP contribution in [0.2, 0.25) is 5.02 Å². The molecule has 3 heteroatoms. The molecule has 0 atom stereocenters. The Morgan fingerprint density at radius 1 is 1.25 bits per heavy atom. The van der Waals surface area contributed by atoms with Gasteiger partial charge in [0.05, 0.1) is 0 Å². The Balaban J connectivity index is 2.58. The van der Waals surface area contributed by atoms with Gasteiger partial charge < -0.3 is 5.73 Å². The molecule has 0 bridgehead atoms. The summed E-state index contributed by atoms with van der Waals surface area (Å²) in [4.78, 5) is 4.39. The van der Waals surface area contributed by atoms with Gasteiger partial charge >= 0.3 is 0 Å². The van der Waals surface area contributed by atoms with Gasteiger partial charge in [-0.05, 0) is 26.0 Å². The van der Waals surface area contributed by atoms with Gasteiger partial charge in [0, 0.05) is 39.6 Å². The van der Waals surface area contributed by atoms with Gasteiger partial charge in [0.15, 0.2) is 0 Å². The normalized spacial score (nSPS) is 12.0. The maximum atomic E-state index is 6.14. The Hall–Kier alpha value is -1.12. The number of pyridine rings is 1. The molecule has 0 aliphatic carbocycles. The van der Waals surface area contributed by atoms with E-state index in [1.807, 2.05) is 38.1 Å². The van der Waals surface area contributed by atoms with E-state index in [1.165, 1.54) is 0 Å². The summed E-state index contributed by atoms with van der Waals surface area (Å²) in [6, 6.07) is 7.81. The zero-order valence-electron chi connectivity index (χ0n) is 9.50. The van der Waals surface area contributed by atoms with Crippen LogP contribution in [0.4, 0.5) is 0 Å². The van der Waals surface area contributed by atoms with Crippen LogP contribution >= 0.6 is 11.6 Å². The summed E-state index contributed by atoms with van der Waals surface area (Å²) in [6.45, 7) is 4.00. The second kappa shape index (κ2) is 4.04. The number of rotatable bonds is 2. The van der Waals surface area contributed by atoms with Crippen LogP contribution in [0.25, 0.3) is 10.8 Å². The summed E-state index contributed by atoms with van der Waals surface area (Å²) in [7, 11) is 0. The molecule has 0 fully saturated rings. The minimum Gasteiger partial charge on any atom is -0.325 e. The van der Waals surface area contributed by atoms with Gasteiger partial charge in [0.25, 0.3) is 0 Å². The van der Waals surface area contributed by atoms with Crippen LogP contribution in [-0.2, 0) is 6.42 Å². The Morgan fingerprint density at radius 3 is 2.69 bits per heavy atom. The summed E-state index contributed by atoms with van der Waals surface area (Å²) in [5.74, 6) is 0. The molecule has 2 aromatic rings. The lowest BCUT2D eigenvalue weighted by atomic mass is 9.96. The fraction of sp³-hybridized carbons (Fsp3) is 0.308. The number of halogens is 1. The molecule has 0 aliphatic heterocycles. The second-order valence-electron chi connectivity index (χ2n) is 4.76. The lowest BCUT2D eigenvalue weighted by molar-refractivity contribution is 0.512. The number of nitrogens with two attached hydrogens (primary N) is 1. The number of hydrogen-bond acceptors (Lipinski definition) is 2. The first-order valence-electron chi connectivity index (χ1n) is 5.28. The topological polar surface area (TPSA) is 38.9 Å². The highest BCUT2D eigenvalue weighted by Crippen LogP contribution is 2.26. The van der Waals surface area contributed by atoms with Crippen LogP contribution in [0.3, 0.4) is 0 Å². The van der Waals surface area contributed by atoms with Crippen molar-refractivity contribution in [3.05, 3.63) is 41.2 Å². The second-order valence-corrected chi connectivity index (χ2v) is 5.17. The summed E-state index contributed by atoms with van der Waals surface area (Å²) in [5.41, 5.74) is 6.77. The summed E-state index contributed by atoms with van der Waals surface area (Å²) in [5, 5.41) is 2.89. The van der Waals surface area contributed by atoms with E-state index >= 15 is 0 Å². The van der Waals surface area contributed by atoms with Gasteiger partial charge in [0.1, 0.15) is 0 Å². The van der Waals surface area contributed by atoms with E-state index in [0.717, 1.165) is 27.9 Å². The van der Waals surface area contributed by atoms with Gasteiger partial charge in [-0.1, -0.05) is 23.7 Å². The maximum absolute atomic E-state index is 6.14. The molecule has 0 amide bonds. The standard InChI is InChI=1S/C13H15ClN2/c1-13(2,15)8-12-10-4-3-5-11(14)9(10)6-7-16-12/h3-7H,8,15H2,1-2H3. The van der Waals surface area contributed by atoms with E-state index in [2.05, 4.69) is 4.98 Å². The monoisotopic (exact) mass is 234 g/mol. The number of benzene rings is 1. The smallest absolute Gasteiger partial charge is 0.0500 e. The zero-order chi connectivity index (χ0) is 11.8. The van der Waals surface area contributed by atoms with E-state index in [9.17, 15) is 0 Å². The third kappa shape index (κ3) is 2.34. The van der Waals surface area contributed by atoms with Gasteiger partial charge in [-0.2, -0.15) is 0 Å². The van der Waals surface area contributed by atoms with Crippen molar-refractivity contribution in [3.8, 4) is 0 Å². The Morgan fingerprint density at radius 2 is 2.00 bits per heavy atom. The molecule has 2 N–H and O–H groups in total. The van der Waals surface area contributed by atoms with E-state index < -0.39 is 0 Å². The zero-order valence-corrected chi connectivity index (χ0v) is 10.3. The summed E-state index contributed by atoms with van der Waals surface area (Å²) >= 11 is 6.14. The molecule has 0 saturated carbocycles. The molecule has 1 aromatic heterocycles. The quantitative estimate of drug-likeness (QED) is 0.867. The molecule has 0 spiro atoms. The molecule has 0 aliphatic rings. The van der Waals surface area contributed by atoms with Gasteiger partial charge in [-0.3, -0.25) is 4.98 Å². The molecule has 0 radical (unpaired) electrons. The minimum absolute atomic E-state index is 0.260. The van der Waals surface area contributed by atoms with Crippen LogP contribution in [0.1, 0.15) is 19.5 Å². The maximum Gasteiger partial charge on any atom is 0.0500 e. The number of fused-ring (bicyclic) bond motifs is 1. The number of aromatic nitrogens is 1. The average molecular weight is 235 g/mol. The molecule has 84 valence electrons. The van der Waals surface area contributed by atoms with Crippen molar-refractivity contribution in [2.45, 2.75) is 25.8 Å². The molecule has 1 heterocycles. The largest absolute Gasteiger partial charge is 0.325 e. The third-order valence-electron chi connectivity index (χ3n) is 2.46. The molecule has 1 aromatic carbocycles. The van der Waals surface area contributed by atoms with Crippen molar-refractivity contribution < 1.29 is 0 Å². The highest BCUT2D eigenvalue weighted by molar-refractivity contribution is 6.35. The Bertz CT molecular complexity index is 515. The summed E-state index contributed by atoms with van der Waals surface area (Å²) in [6.07, 6.45) is 2.53. The van der Waals surface area contributed by atoms with Crippen molar-refractivity contribution in [1.29, 1.82) is 0 Å².